The zero-order valence-electron chi connectivity index (χ0n) is 18.0. The van der Waals surface area contributed by atoms with Crippen LogP contribution in [0.3, 0.4) is 0 Å². The number of hydrogen-bond donors (Lipinski definition) is 1. The minimum absolute atomic E-state index is 0.0613. The van der Waals surface area contributed by atoms with Gasteiger partial charge in [0.25, 0.3) is 11.8 Å². The van der Waals surface area contributed by atoms with Crippen LogP contribution in [0.5, 0.6) is 5.75 Å². The molecule has 0 radical (unpaired) electrons. The van der Waals surface area contributed by atoms with E-state index in [-0.39, 0.29) is 17.2 Å². The van der Waals surface area contributed by atoms with Crippen LogP contribution in [0.2, 0.25) is 5.02 Å². The highest BCUT2D eigenvalue weighted by Gasteiger charge is 2.33. The van der Waals surface area contributed by atoms with Gasteiger partial charge in [0.2, 0.25) is 0 Å². The largest absolute Gasteiger partial charge is 0.493 e. The van der Waals surface area contributed by atoms with Gasteiger partial charge in [0.1, 0.15) is 10.6 Å². The molecule has 33 heavy (non-hydrogen) atoms. The smallest absolute Gasteiger partial charge is 0.267 e. The normalized spacial score (nSPS) is 17.0. The van der Waals surface area contributed by atoms with E-state index in [0.29, 0.717) is 40.9 Å². The van der Waals surface area contributed by atoms with E-state index in [2.05, 4.69) is 10.3 Å². The molecule has 5 rings (SSSR count). The van der Waals surface area contributed by atoms with Crippen molar-refractivity contribution in [3.63, 3.8) is 0 Å². The summed E-state index contributed by atoms with van der Waals surface area (Å²) in [6, 6.07) is 12.9. The van der Waals surface area contributed by atoms with E-state index in [1.54, 1.807) is 17.8 Å². The summed E-state index contributed by atoms with van der Waals surface area (Å²) < 4.78 is 5.57. The standard InChI is InChI=1S/C24H22ClN3O3S2/c1-14-27-21(15-4-2-5-16(25)12-15)22(33-14)24(30)28-9-11-32-20(28)13-26-23(29)18-6-3-7-19-17(18)8-10-31-19/h2-7,12,20H,8-11,13H2,1H3,(H,26,29). The summed E-state index contributed by atoms with van der Waals surface area (Å²) in [6.07, 6.45) is 0.735. The van der Waals surface area contributed by atoms with Gasteiger partial charge in [0.15, 0.2) is 0 Å². The number of nitrogens with zero attached hydrogens (tertiary/aromatic N) is 2. The maximum absolute atomic E-state index is 13.5. The molecule has 2 aliphatic heterocycles. The Morgan fingerprint density at radius 3 is 2.97 bits per heavy atom. The van der Waals surface area contributed by atoms with Crippen molar-refractivity contribution < 1.29 is 14.3 Å². The maximum atomic E-state index is 13.5. The molecule has 170 valence electrons. The summed E-state index contributed by atoms with van der Waals surface area (Å²) in [5, 5.41) is 4.32. The first-order valence-electron chi connectivity index (χ1n) is 10.7. The number of rotatable bonds is 5. The van der Waals surface area contributed by atoms with Gasteiger partial charge < -0.3 is 15.0 Å². The quantitative estimate of drug-likeness (QED) is 0.553. The van der Waals surface area contributed by atoms with Crippen LogP contribution in [0, 0.1) is 6.92 Å². The van der Waals surface area contributed by atoms with Crippen molar-refractivity contribution in [3.8, 4) is 17.0 Å². The fraction of sp³-hybridized carbons (Fsp3) is 0.292. The van der Waals surface area contributed by atoms with Gasteiger partial charge in [-0.3, -0.25) is 9.59 Å². The van der Waals surface area contributed by atoms with Gasteiger partial charge in [-0.25, -0.2) is 4.98 Å². The molecule has 2 amide bonds. The van der Waals surface area contributed by atoms with E-state index in [1.807, 2.05) is 48.2 Å². The Kier molecular flexibility index (Phi) is 6.32. The predicted molar refractivity (Wildman–Crippen MR) is 133 cm³/mol. The van der Waals surface area contributed by atoms with Gasteiger partial charge >= 0.3 is 0 Å². The Bertz CT molecular complexity index is 1230. The lowest BCUT2D eigenvalue weighted by Gasteiger charge is -2.24. The Hall–Kier alpha value is -2.55. The lowest BCUT2D eigenvalue weighted by Crippen LogP contribution is -2.42. The zero-order chi connectivity index (χ0) is 22.9. The van der Waals surface area contributed by atoms with Crippen LogP contribution in [0.4, 0.5) is 0 Å². The van der Waals surface area contributed by atoms with Crippen LogP contribution in [-0.2, 0) is 6.42 Å². The molecule has 1 saturated heterocycles. The Labute approximate surface area is 205 Å². The van der Waals surface area contributed by atoms with Gasteiger partial charge in [0.05, 0.1) is 22.7 Å². The number of carbonyl (C=O) groups excluding carboxylic acids is 2. The molecule has 1 aromatic heterocycles. The van der Waals surface area contributed by atoms with Crippen LogP contribution in [-0.4, -0.2) is 52.5 Å². The van der Waals surface area contributed by atoms with Crippen LogP contribution in [0.15, 0.2) is 42.5 Å². The molecular formula is C24H22ClN3O3S2. The Balaban J connectivity index is 1.32. The number of thioether (sulfide) groups is 1. The predicted octanol–water partition coefficient (Wildman–Crippen LogP) is 4.65. The van der Waals surface area contributed by atoms with Crippen molar-refractivity contribution in [2.75, 3.05) is 25.4 Å². The summed E-state index contributed by atoms with van der Waals surface area (Å²) in [5.41, 5.74) is 3.08. The zero-order valence-corrected chi connectivity index (χ0v) is 20.4. The van der Waals surface area contributed by atoms with Crippen molar-refractivity contribution in [1.29, 1.82) is 0 Å². The van der Waals surface area contributed by atoms with Crippen molar-refractivity contribution in [3.05, 3.63) is 68.5 Å². The van der Waals surface area contributed by atoms with Crippen LogP contribution < -0.4 is 10.1 Å². The van der Waals surface area contributed by atoms with Gasteiger partial charge in [-0.05, 0) is 31.2 Å². The van der Waals surface area contributed by atoms with Crippen molar-refractivity contribution in [2.45, 2.75) is 18.7 Å². The molecule has 2 aliphatic rings. The third kappa shape index (κ3) is 4.47. The summed E-state index contributed by atoms with van der Waals surface area (Å²) in [4.78, 5) is 33.5. The number of ether oxygens (including phenoxy) is 1. The second-order valence-electron chi connectivity index (χ2n) is 7.84. The monoisotopic (exact) mass is 499 g/mol. The van der Waals surface area contributed by atoms with Crippen LogP contribution >= 0.6 is 34.7 Å². The molecule has 0 aliphatic carbocycles. The van der Waals surface area contributed by atoms with Crippen molar-refractivity contribution >= 4 is 46.5 Å². The van der Waals surface area contributed by atoms with Gasteiger partial charge in [0, 0.05) is 47.0 Å². The fourth-order valence-electron chi connectivity index (χ4n) is 4.17. The van der Waals surface area contributed by atoms with E-state index in [1.165, 1.54) is 11.3 Å². The van der Waals surface area contributed by atoms with Gasteiger partial charge in [-0.1, -0.05) is 29.8 Å². The molecular weight excluding hydrogens is 478 g/mol. The minimum atomic E-state index is -0.135. The second kappa shape index (κ2) is 9.37. The topological polar surface area (TPSA) is 71.5 Å². The number of aromatic nitrogens is 1. The molecule has 1 unspecified atom stereocenters. The molecule has 1 fully saturated rings. The number of fused-ring (bicyclic) bond motifs is 1. The van der Waals surface area contributed by atoms with E-state index in [4.69, 9.17) is 16.3 Å². The molecule has 3 heterocycles. The molecule has 0 bridgehead atoms. The lowest BCUT2D eigenvalue weighted by molar-refractivity contribution is 0.0756. The molecule has 1 N–H and O–H groups in total. The molecule has 3 aromatic rings. The molecule has 0 spiro atoms. The highest BCUT2D eigenvalue weighted by atomic mass is 35.5. The third-order valence-electron chi connectivity index (χ3n) is 5.70. The number of aryl methyl sites for hydroxylation is 1. The van der Waals surface area contributed by atoms with Gasteiger partial charge in [-0.2, -0.15) is 0 Å². The second-order valence-corrected chi connectivity index (χ2v) is 10.8. The summed E-state index contributed by atoms with van der Waals surface area (Å²) >= 11 is 9.24. The lowest BCUT2D eigenvalue weighted by atomic mass is 10.0. The number of carbonyl (C=O) groups is 2. The number of benzene rings is 2. The summed E-state index contributed by atoms with van der Waals surface area (Å²) in [6.45, 7) is 3.51. The molecule has 2 aromatic carbocycles. The molecule has 1 atom stereocenters. The average Bonchev–Trinajstić information content (AvgIpc) is 3.55. The van der Waals surface area contributed by atoms with Crippen LogP contribution in [0.1, 0.15) is 30.6 Å². The first kappa shape index (κ1) is 22.3. The molecule has 9 heteroatoms. The Morgan fingerprint density at radius 1 is 1.27 bits per heavy atom. The van der Waals surface area contributed by atoms with E-state index < -0.39 is 0 Å². The van der Waals surface area contributed by atoms with Crippen molar-refractivity contribution in [2.24, 2.45) is 0 Å². The number of hydrogen-bond acceptors (Lipinski definition) is 6. The fourth-order valence-corrected chi connectivity index (χ4v) is 6.41. The first-order chi connectivity index (χ1) is 16.0. The number of nitrogens with one attached hydrogen (secondary N) is 1. The Morgan fingerprint density at radius 2 is 2.12 bits per heavy atom. The van der Waals surface area contributed by atoms with Gasteiger partial charge in [-0.15, -0.1) is 23.1 Å². The molecule has 6 nitrogen and oxygen atoms in total. The third-order valence-corrected chi connectivity index (χ3v) is 8.12. The summed E-state index contributed by atoms with van der Waals surface area (Å²) in [5.74, 6) is 1.41. The number of halogens is 1. The van der Waals surface area contributed by atoms with Crippen molar-refractivity contribution in [1.82, 2.24) is 15.2 Å². The first-order valence-corrected chi connectivity index (χ1v) is 12.9. The van der Waals surface area contributed by atoms with E-state index in [9.17, 15) is 9.59 Å². The van der Waals surface area contributed by atoms with E-state index in [0.717, 1.165) is 34.1 Å². The van der Waals surface area contributed by atoms with Crippen LogP contribution in [0.25, 0.3) is 11.3 Å². The minimum Gasteiger partial charge on any atom is -0.493 e. The highest BCUT2D eigenvalue weighted by molar-refractivity contribution is 8.00. The maximum Gasteiger partial charge on any atom is 0.267 e. The highest BCUT2D eigenvalue weighted by Crippen LogP contribution is 2.34. The summed E-state index contributed by atoms with van der Waals surface area (Å²) in [7, 11) is 0. The average molecular weight is 500 g/mol. The van der Waals surface area contributed by atoms with E-state index >= 15 is 0 Å². The number of amides is 2. The number of thiazole rings is 1. The SMILES string of the molecule is Cc1nc(-c2cccc(Cl)c2)c(C(=O)N2CCSC2CNC(=O)c2cccc3c2CCO3)s1. The molecule has 0 saturated carbocycles.